The molecule has 0 aromatic heterocycles. The molecule has 0 N–H and O–H groups in total. The number of carbonyl (C=O) groups excluding carboxylic acids is 1. The van der Waals surface area contributed by atoms with Gasteiger partial charge < -0.3 is 9.47 Å². The van der Waals surface area contributed by atoms with E-state index in [1.807, 2.05) is 24.3 Å². The Morgan fingerprint density at radius 1 is 0.974 bits per heavy atom. The molecule has 2 aromatic carbocycles. The second kappa shape index (κ2) is 9.35. The topological polar surface area (TPSA) is 45.3 Å². The molecule has 3 saturated heterocycles. The van der Waals surface area contributed by atoms with Gasteiger partial charge in [0.2, 0.25) is 0 Å². The van der Waals surface area contributed by atoms with Gasteiger partial charge in [-0.05, 0) is 60.6 Å². The molecule has 7 rings (SSSR count). The summed E-state index contributed by atoms with van der Waals surface area (Å²) in [5.41, 5.74) is 2.01. The first-order valence-electron chi connectivity index (χ1n) is 14.6. The molecule has 2 aromatic rings. The number of benzene rings is 2. The number of rotatable bonds is 5. The summed E-state index contributed by atoms with van der Waals surface area (Å²) in [6.45, 7) is 8.64. The van der Waals surface area contributed by atoms with Crippen molar-refractivity contribution in [3.63, 3.8) is 0 Å². The molecule has 3 heterocycles. The number of fused-ring (bicyclic) bond motifs is 2. The van der Waals surface area contributed by atoms with E-state index in [9.17, 15) is 13.6 Å². The van der Waals surface area contributed by atoms with Gasteiger partial charge in [-0.25, -0.2) is 8.78 Å². The summed E-state index contributed by atoms with van der Waals surface area (Å²) in [4.78, 5) is 18.0. The minimum Gasteiger partial charge on any atom is -0.462 e. The molecule has 5 fully saturated rings. The van der Waals surface area contributed by atoms with E-state index >= 15 is 0 Å². The fourth-order valence-electron chi connectivity index (χ4n) is 8.83. The van der Waals surface area contributed by atoms with Gasteiger partial charge in [0.05, 0.1) is 18.1 Å². The number of hydrogen-bond donors (Lipinski definition) is 0. The third-order valence-corrected chi connectivity index (χ3v) is 10.8. The number of hydrogen-bond acceptors (Lipinski definition) is 5. The number of piperazine rings is 1. The van der Waals surface area contributed by atoms with E-state index in [1.165, 1.54) is 37.1 Å². The number of halogens is 2. The molecule has 2 aliphatic carbocycles. The average molecular weight is 537 g/mol. The maximum atomic E-state index is 13.7. The van der Waals surface area contributed by atoms with Crippen LogP contribution in [0, 0.1) is 34.8 Å². The van der Waals surface area contributed by atoms with Crippen molar-refractivity contribution in [1.82, 2.24) is 9.80 Å². The maximum absolute atomic E-state index is 13.7. The molecule has 5 nitrogen and oxygen atoms in total. The molecule has 7 atom stereocenters. The van der Waals surface area contributed by atoms with Crippen LogP contribution in [-0.4, -0.2) is 66.3 Å². The molecule has 7 heteroatoms. The Morgan fingerprint density at radius 3 is 2.21 bits per heavy atom. The first-order chi connectivity index (χ1) is 18.8. The van der Waals surface area contributed by atoms with Crippen LogP contribution in [0.5, 0.6) is 0 Å². The third kappa shape index (κ3) is 4.07. The zero-order valence-electron chi connectivity index (χ0n) is 22.8. The Bertz CT molecular complexity index is 1190. The highest BCUT2D eigenvalue weighted by Crippen LogP contribution is 2.70. The molecular formula is C32H38F2N2O3. The van der Waals surface area contributed by atoms with Crippen LogP contribution < -0.4 is 0 Å². The van der Waals surface area contributed by atoms with Crippen molar-refractivity contribution < 1.29 is 23.0 Å². The van der Waals surface area contributed by atoms with Crippen molar-refractivity contribution in [2.75, 3.05) is 32.7 Å². The van der Waals surface area contributed by atoms with Crippen LogP contribution in [0.4, 0.5) is 8.78 Å². The van der Waals surface area contributed by atoms with E-state index in [0.717, 1.165) is 50.1 Å². The van der Waals surface area contributed by atoms with Gasteiger partial charge in [0.15, 0.2) is 0 Å². The van der Waals surface area contributed by atoms with E-state index in [1.54, 1.807) is 0 Å². The van der Waals surface area contributed by atoms with E-state index < -0.39 is 0 Å². The van der Waals surface area contributed by atoms with Crippen LogP contribution in [0.25, 0.3) is 0 Å². The summed E-state index contributed by atoms with van der Waals surface area (Å²) >= 11 is 0. The molecule has 208 valence electrons. The summed E-state index contributed by atoms with van der Waals surface area (Å²) < 4.78 is 40.0. The smallest absolute Gasteiger partial charge is 0.311 e. The number of ether oxygens (including phenoxy) is 2. The molecule has 3 aliphatic heterocycles. The van der Waals surface area contributed by atoms with Gasteiger partial charge in [-0.3, -0.25) is 14.6 Å². The first kappa shape index (κ1) is 25.6. The highest BCUT2D eigenvalue weighted by Gasteiger charge is 2.78. The van der Waals surface area contributed by atoms with Crippen LogP contribution in [0.1, 0.15) is 56.7 Å². The number of nitrogens with zero attached hydrogens (tertiary/aromatic N) is 2. The standard InChI is InChI=1S/C32H38F2N2O3/c1-20-4-3-13-31(2)18-26-27(29-32(20,31)39-29)25(30(37)38-26)19-35-14-16-36(17-15-35)28(21-5-9-23(33)10-6-21)22-7-11-24(34)12-8-22/h5-12,20,25-29H,3-4,13-19H2,1-2H3/t20-,25?,26+,27+,29-,31+,32-/m0/s1. The molecule has 0 bridgehead atoms. The minimum atomic E-state index is -0.268. The van der Waals surface area contributed by atoms with Crippen molar-refractivity contribution in [1.29, 1.82) is 0 Å². The summed E-state index contributed by atoms with van der Waals surface area (Å²) in [5.74, 6) is -0.0594. The van der Waals surface area contributed by atoms with Gasteiger partial charge in [-0.15, -0.1) is 0 Å². The molecule has 1 spiro atoms. The third-order valence-electron chi connectivity index (χ3n) is 10.8. The number of epoxide rings is 1. The highest BCUT2D eigenvalue weighted by molar-refractivity contribution is 5.76. The van der Waals surface area contributed by atoms with E-state index in [2.05, 4.69) is 23.6 Å². The minimum absolute atomic E-state index is 0.0268. The SMILES string of the molecule is C[C@H]1CCC[C@]2(C)C[C@H]3OC(=O)C(CN4CCN(C(c5ccc(F)cc5)c5ccc(F)cc5)CC4)[C@H]3[C@@H]3O[C@@]132. The number of carbonyl (C=O) groups is 1. The number of esters is 1. The zero-order valence-corrected chi connectivity index (χ0v) is 22.8. The van der Waals surface area contributed by atoms with Crippen molar-refractivity contribution >= 4 is 5.97 Å². The fourth-order valence-corrected chi connectivity index (χ4v) is 8.83. The average Bonchev–Trinajstić information content (AvgIpc) is 3.61. The lowest BCUT2D eigenvalue weighted by Gasteiger charge is -2.49. The molecule has 2 saturated carbocycles. The molecule has 5 aliphatic rings. The summed E-state index contributed by atoms with van der Waals surface area (Å²) in [5, 5.41) is 0. The summed E-state index contributed by atoms with van der Waals surface area (Å²) in [6.07, 6.45) is 4.62. The molecule has 0 radical (unpaired) electrons. The predicted molar refractivity (Wildman–Crippen MR) is 143 cm³/mol. The molecular weight excluding hydrogens is 498 g/mol. The van der Waals surface area contributed by atoms with Crippen LogP contribution in [0.3, 0.4) is 0 Å². The Hall–Kier alpha value is -2.35. The highest BCUT2D eigenvalue weighted by atomic mass is 19.1. The lowest BCUT2D eigenvalue weighted by Crippen LogP contribution is -2.55. The van der Waals surface area contributed by atoms with E-state index in [4.69, 9.17) is 9.47 Å². The second-order valence-electron chi connectivity index (χ2n) is 12.9. The van der Waals surface area contributed by atoms with Crippen molar-refractivity contribution in [3.8, 4) is 0 Å². The van der Waals surface area contributed by atoms with Gasteiger partial charge in [0, 0.05) is 44.1 Å². The van der Waals surface area contributed by atoms with Gasteiger partial charge in [0.25, 0.3) is 0 Å². The first-order valence-corrected chi connectivity index (χ1v) is 14.6. The lowest BCUT2D eigenvalue weighted by atomic mass is 9.53. The van der Waals surface area contributed by atoms with Crippen LogP contribution in [0.15, 0.2) is 48.5 Å². The molecule has 39 heavy (non-hydrogen) atoms. The van der Waals surface area contributed by atoms with Crippen molar-refractivity contribution in [3.05, 3.63) is 71.3 Å². The molecule has 1 unspecified atom stereocenters. The van der Waals surface area contributed by atoms with E-state index in [0.29, 0.717) is 12.5 Å². The Morgan fingerprint density at radius 2 is 1.59 bits per heavy atom. The Labute approximate surface area is 229 Å². The maximum Gasteiger partial charge on any atom is 0.311 e. The quantitative estimate of drug-likeness (QED) is 0.389. The van der Waals surface area contributed by atoms with Crippen LogP contribution in [0.2, 0.25) is 0 Å². The van der Waals surface area contributed by atoms with Gasteiger partial charge in [0.1, 0.15) is 23.3 Å². The molecule has 0 amide bonds. The summed E-state index contributed by atoms with van der Waals surface area (Å²) in [6, 6.07) is 13.1. The predicted octanol–water partition coefficient (Wildman–Crippen LogP) is 5.20. The second-order valence-corrected chi connectivity index (χ2v) is 12.9. The largest absolute Gasteiger partial charge is 0.462 e. The van der Waals surface area contributed by atoms with Gasteiger partial charge in [-0.2, -0.15) is 0 Å². The summed E-state index contributed by atoms with van der Waals surface area (Å²) in [7, 11) is 0. The Balaban J connectivity index is 1.06. The zero-order chi connectivity index (χ0) is 26.9. The normalized spacial score (nSPS) is 38.2. The van der Waals surface area contributed by atoms with E-state index in [-0.39, 0.29) is 58.7 Å². The Kier molecular flexibility index (Phi) is 6.14. The van der Waals surface area contributed by atoms with Crippen molar-refractivity contribution in [2.45, 2.75) is 63.4 Å². The monoisotopic (exact) mass is 536 g/mol. The van der Waals surface area contributed by atoms with Gasteiger partial charge in [-0.1, -0.05) is 44.5 Å². The lowest BCUT2D eigenvalue weighted by molar-refractivity contribution is -0.146. The van der Waals surface area contributed by atoms with Gasteiger partial charge >= 0.3 is 5.97 Å². The van der Waals surface area contributed by atoms with Crippen LogP contribution in [-0.2, 0) is 14.3 Å². The van der Waals surface area contributed by atoms with Crippen LogP contribution >= 0.6 is 0 Å². The fraction of sp³-hybridized carbons (Fsp3) is 0.594. The van der Waals surface area contributed by atoms with Crippen molar-refractivity contribution in [2.24, 2.45) is 23.2 Å².